The van der Waals surface area contributed by atoms with Gasteiger partial charge in [0.25, 0.3) is 0 Å². The number of anilines is 1. The van der Waals surface area contributed by atoms with E-state index < -0.39 is 0 Å². The molecule has 1 fully saturated rings. The third-order valence-electron chi connectivity index (χ3n) is 3.98. The molecule has 20 heavy (non-hydrogen) atoms. The molecule has 0 aromatic carbocycles. The van der Waals surface area contributed by atoms with Crippen molar-refractivity contribution in [2.75, 3.05) is 31.1 Å². The largest absolute Gasteiger partial charge is 0.392 e. The molecule has 0 bridgehead atoms. The number of rotatable bonds is 5. The summed E-state index contributed by atoms with van der Waals surface area (Å²) in [6, 6.07) is 4.67. The van der Waals surface area contributed by atoms with Crippen LogP contribution in [0.4, 0.5) is 5.82 Å². The van der Waals surface area contributed by atoms with Crippen LogP contribution < -0.4 is 4.90 Å². The number of pyridine rings is 1. The van der Waals surface area contributed by atoms with Gasteiger partial charge in [0.2, 0.25) is 0 Å². The molecule has 1 saturated heterocycles. The van der Waals surface area contributed by atoms with E-state index in [9.17, 15) is 5.11 Å². The normalized spacial score (nSPS) is 16.9. The molecule has 2 heterocycles. The monoisotopic (exact) mass is 277 g/mol. The lowest BCUT2D eigenvalue weighted by atomic mass is 10.1. The van der Waals surface area contributed by atoms with E-state index in [1.165, 1.54) is 0 Å². The summed E-state index contributed by atoms with van der Waals surface area (Å²) < 4.78 is 0. The first-order chi connectivity index (χ1) is 9.63. The first-order valence-corrected chi connectivity index (χ1v) is 7.73. The molecule has 112 valence electrons. The van der Waals surface area contributed by atoms with E-state index in [4.69, 9.17) is 4.98 Å². The molecule has 0 spiro atoms. The Balaban J connectivity index is 2.10. The van der Waals surface area contributed by atoms with E-state index in [1.807, 2.05) is 12.1 Å². The number of aliphatic hydroxyl groups is 1. The Morgan fingerprint density at radius 1 is 1.20 bits per heavy atom. The van der Waals surface area contributed by atoms with Crippen molar-refractivity contribution in [1.82, 2.24) is 9.88 Å². The minimum Gasteiger partial charge on any atom is -0.392 e. The molecule has 0 amide bonds. The molecule has 1 aliphatic rings. The van der Waals surface area contributed by atoms with Gasteiger partial charge in [-0.3, -0.25) is 4.90 Å². The van der Waals surface area contributed by atoms with Gasteiger partial charge in [-0.2, -0.15) is 0 Å². The summed E-state index contributed by atoms with van der Waals surface area (Å²) in [6.07, 6.45) is 2.06. The zero-order valence-electron chi connectivity index (χ0n) is 13.0. The maximum absolute atomic E-state index is 9.41. The van der Waals surface area contributed by atoms with Crippen LogP contribution in [0.5, 0.6) is 0 Å². The van der Waals surface area contributed by atoms with Crippen LogP contribution in [-0.2, 0) is 13.0 Å². The quantitative estimate of drug-likeness (QED) is 0.894. The average molecular weight is 277 g/mol. The molecule has 4 heteroatoms. The number of piperazine rings is 1. The van der Waals surface area contributed by atoms with Crippen molar-refractivity contribution in [2.24, 2.45) is 0 Å². The van der Waals surface area contributed by atoms with Crippen molar-refractivity contribution in [3.05, 3.63) is 23.4 Å². The van der Waals surface area contributed by atoms with E-state index in [1.54, 1.807) is 0 Å². The molecule has 0 saturated carbocycles. The second-order valence-electron chi connectivity index (χ2n) is 5.85. The molecule has 0 atom stereocenters. The summed E-state index contributed by atoms with van der Waals surface area (Å²) in [5.74, 6) is 1.03. The van der Waals surface area contributed by atoms with Crippen molar-refractivity contribution in [1.29, 1.82) is 0 Å². The lowest BCUT2D eigenvalue weighted by Gasteiger charge is -2.37. The second kappa shape index (κ2) is 7.04. The van der Waals surface area contributed by atoms with Crippen LogP contribution in [0.3, 0.4) is 0 Å². The summed E-state index contributed by atoms with van der Waals surface area (Å²) in [7, 11) is 0. The molecule has 0 aliphatic carbocycles. The molecule has 1 aliphatic heterocycles. The fourth-order valence-corrected chi connectivity index (χ4v) is 2.74. The summed E-state index contributed by atoms with van der Waals surface area (Å²) in [4.78, 5) is 9.60. The third kappa shape index (κ3) is 3.70. The Hall–Kier alpha value is -1.13. The van der Waals surface area contributed by atoms with Gasteiger partial charge in [0.05, 0.1) is 6.61 Å². The topological polar surface area (TPSA) is 39.6 Å². The Morgan fingerprint density at radius 3 is 2.45 bits per heavy atom. The molecule has 1 aromatic rings. The first-order valence-electron chi connectivity index (χ1n) is 7.73. The van der Waals surface area contributed by atoms with Gasteiger partial charge in [0.15, 0.2) is 0 Å². The predicted molar refractivity (Wildman–Crippen MR) is 83.1 cm³/mol. The Labute approximate surface area is 122 Å². The number of aliphatic hydroxyl groups excluding tert-OH is 1. The number of hydrogen-bond donors (Lipinski definition) is 1. The first kappa shape index (κ1) is 15.3. The van der Waals surface area contributed by atoms with Gasteiger partial charge < -0.3 is 10.0 Å². The average Bonchev–Trinajstić information content (AvgIpc) is 2.47. The zero-order valence-corrected chi connectivity index (χ0v) is 13.0. The minimum atomic E-state index is 0.0954. The van der Waals surface area contributed by atoms with Gasteiger partial charge in [0, 0.05) is 37.9 Å². The molecular weight excluding hydrogens is 250 g/mol. The van der Waals surface area contributed by atoms with Gasteiger partial charge >= 0.3 is 0 Å². The molecular formula is C16H27N3O. The molecule has 0 radical (unpaired) electrons. The standard InChI is InChI=1S/C16H27N3O/c1-4-5-15-10-14(12-20)11-16(17-15)19-8-6-18(7-9-19)13(2)3/h10-11,13,20H,4-9,12H2,1-3H3. The highest BCUT2D eigenvalue weighted by Crippen LogP contribution is 2.19. The van der Waals surface area contributed by atoms with E-state index in [0.29, 0.717) is 6.04 Å². The Kier molecular flexibility index (Phi) is 5.38. The number of nitrogens with zero attached hydrogens (tertiary/aromatic N) is 3. The van der Waals surface area contributed by atoms with Crippen LogP contribution in [0.1, 0.15) is 38.4 Å². The highest BCUT2D eigenvalue weighted by molar-refractivity contribution is 5.43. The minimum absolute atomic E-state index is 0.0954. The van der Waals surface area contributed by atoms with E-state index >= 15 is 0 Å². The van der Waals surface area contributed by atoms with Crippen LogP contribution in [0.25, 0.3) is 0 Å². The fraction of sp³-hybridized carbons (Fsp3) is 0.688. The maximum Gasteiger partial charge on any atom is 0.129 e. The third-order valence-corrected chi connectivity index (χ3v) is 3.98. The van der Waals surface area contributed by atoms with Crippen molar-refractivity contribution < 1.29 is 5.11 Å². The van der Waals surface area contributed by atoms with Crippen molar-refractivity contribution >= 4 is 5.82 Å². The SMILES string of the molecule is CCCc1cc(CO)cc(N2CCN(C(C)C)CC2)n1. The molecule has 1 aromatic heterocycles. The molecule has 4 nitrogen and oxygen atoms in total. The summed E-state index contributed by atoms with van der Waals surface area (Å²) >= 11 is 0. The Morgan fingerprint density at radius 2 is 1.90 bits per heavy atom. The Bertz CT molecular complexity index is 426. The lowest BCUT2D eigenvalue weighted by Crippen LogP contribution is -2.49. The van der Waals surface area contributed by atoms with Crippen LogP contribution in [0.2, 0.25) is 0 Å². The molecule has 0 unspecified atom stereocenters. The molecule has 1 N–H and O–H groups in total. The van der Waals surface area contributed by atoms with Gasteiger partial charge in [0.1, 0.15) is 5.82 Å². The van der Waals surface area contributed by atoms with E-state index in [-0.39, 0.29) is 6.61 Å². The highest BCUT2D eigenvalue weighted by Gasteiger charge is 2.20. The summed E-state index contributed by atoms with van der Waals surface area (Å²) in [6.45, 7) is 11.0. The number of hydrogen-bond acceptors (Lipinski definition) is 4. The van der Waals surface area contributed by atoms with Gasteiger partial charge in [-0.15, -0.1) is 0 Å². The number of aryl methyl sites for hydroxylation is 1. The fourth-order valence-electron chi connectivity index (χ4n) is 2.74. The van der Waals surface area contributed by atoms with Crippen molar-refractivity contribution in [2.45, 2.75) is 46.3 Å². The van der Waals surface area contributed by atoms with Crippen molar-refractivity contribution in [3.8, 4) is 0 Å². The van der Waals surface area contributed by atoms with Gasteiger partial charge in [-0.05, 0) is 38.0 Å². The van der Waals surface area contributed by atoms with Crippen LogP contribution in [0.15, 0.2) is 12.1 Å². The molecule has 2 rings (SSSR count). The van der Waals surface area contributed by atoms with Crippen LogP contribution in [-0.4, -0.2) is 47.2 Å². The van der Waals surface area contributed by atoms with Crippen LogP contribution >= 0.6 is 0 Å². The highest BCUT2D eigenvalue weighted by atomic mass is 16.3. The van der Waals surface area contributed by atoms with Crippen LogP contribution in [0, 0.1) is 0 Å². The van der Waals surface area contributed by atoms with E-state index in [2.05, 4.69) is 30.6 Å². The smallest absolute Gasteiger partial charge is 0.129 e. The predicted octanol–water partition coefficient (Wildman–Crippen LogP) is 2.06. The zero-order chi connectivity index (χ0) is 14.5. The lowest BCUT2D eigenvalue weighted by molar-refractivity contribution is 0.209. The second-order valence-corrected chi connectivity index (χ2v) is 5.85. The summed E-state index contributed by atoms with van der Waals surface area (Å²) in [5.41, 5.74) is 2.07. The van der Waals surface area contributed by atoms with E-state index in [0.717, 1.165) is 56.1 Å². The summed E-state index contributed by atoms with van der Waals surface area (Å²) in [5, 5.41) is 9.41. The van der Waals surface area contributed by atoms with Gasteiger partial charge in [-0.25, -0.2) is 4.98 Å². The number of aromatic nitrogens is 1. The van der Waals surface area contributed by atoms with Gasteiger partial charge in [-0.1, -0.05) is 13.3 Å². The van der Waals surface area contributed by atoms with Crippen molar-refractivity contribution in [3.63, 3.8) is 0 Å². The maximum atomic E-state index is 9.41.